The summed E-state index contributed by atoms with van der Waals surface area (Å²) in [5.74, 6) is 0.109. The van der Waals surface area contributed by atoms with Crippen molar-refractivity contribution in [2.75, 3.05) is 19.6 Å². The standard InChI is InChI=1S/C12H18N4O/c1-9-7-15-4-2-3-11(15)8-16(9)12(17)10-5-13-14-6-10/h5-6,9,11H,2-4,7-8H2,1H3,(H,13,14). The molecule has 2 atom stereocenters. The van der Waals surface area contributed by atoms with Crippen LogP contribution in [0, 0.1) is 0 Å². The minimum atomic E-state index is 0.109. The second-order valence-electron chi connectivity index (χ2n) is 5.08. The Kier molecular flexibility index (Phi) is 2.63. The molecule has 3 rings (SSSR count). The number of aromatic nitrogens is 2. The zero-order chi connectivity index (χ0) is 11.8. The highest BCUT2D eigenvalue weighted by Crippen LogP contribution is 2.25. The average Bonchev–Trinajstić information content (AvgIpc) is 2.97. The van der Waals surface area contributed by atoms with Crippen LogP contribution in [-0.4, -0.2) is 57.6 Å². The molecule has 2 fully saturated rings. The fraction of sp³-hybridized carbons (Fsp3) is 0.667. The fourth-order valence-corrected chi connectivity index (χ4v) is 3.00. The number of carbonyl (C=O) groups is 1. The van der Waals surface area contributed by atoms with Crippen molar-refractivity contribution in [2.24, 2.45) is 0 Å². The second kappa shape index (κ2) is 4.14. The van der Waals surface area contributed by atoms with E-state index in [0.717, 1.165) is 13.1 Å². The molecule has 1 amide bonds. The molecule has 0 aliphatic carbocycles. The van der Waals surface area contributed by atoms with Crippen molar-refractivity contribution in [3.8, 4) is 0 Å². The summed E-state index contributed by atoms with van der Waals surface area (Å²) in [6, 6.07) is 0.869. The lowest BCUT2D eigenvalue weighted by Gasteiger charge is -2.42. The van der Waals surface area contributed by atoms with Crippen LogP contribution >= 0.6 is 0 Å². The number of aromatic amines is 1. The summed E-state index contributed by atoms with van der Waals surface area (Å²) in [5.41, 5.74) is 0.670. The first-order valence-corrected chi connectivity index (χ1v) is 6.29. The lowest BCUT2D eigenvalue weighted by Crippen LogP contribution is -2.56. The number of piperazine rings is 1. The van der Waals surface area contributed by atoms with E-state index in [9.17, 15) is 4.79 Å². The lowest BCUT2D eigenvalue weighted by molar-refractivity contribution is 0.0395. The van der Waals surface area contributed by atoms with Crippen molar-refractivity contribution in [3.63, 3.8) is 0 Å². The molecule has 5 heteroatoms. The zero-order valence-corrected chi connectivity index (χ0v) is 10.1. The van der Waals surface area contributed by atoms with Crippen molar-refractivity contribution in [2.45, 2.75) is 31.8 Å². The van der Waals surface area contributed by atoms with Gasteiger partial charge in [-0.15, -0.1) is 0 Å². The Morgan fingerprint density at radius 2 is 2.41 bits per heavy atom. The molecular formula is C12H18N4O. The van der Waals surface area contributed by atoms with Crippen molar-refractivity contribution in [1.82, 2.24) is 20.0 Å². The molecule has 92 valence electrons. The lowest BCUT2D eigenvalue weighted by atomic mass is 10.1. The maximum atomic E-state index is 12.3. The molecule has 2 unspecified atom stereocenters. The zero-order valence-electron chi connectivity index (χ0n) is 10.1. The molecule has 0 aromatic carbocycles. The number of nitrogens with zero attached hydrogens (tertiary/aromatic N) is 3. The van der Waals surface area contributed by atoms with Gasteiger partial charge >= 0.3 is 0 Å². The van der Waals surface area contributed by atoms with Crippen LogP contribution in [0.5, 0.6) is 0 Å². The molecule has 17 heavy (non-hydrogen) atoms. The van der Waals surface area contributed by atoms with Gasteiger partial charge in [0, 0.05) is 31.4 Å². The summed E-state index contributed by atoms with van der Waals surface area (Å²) < 4.78 is 0. The van der Waals surface area contributed by atoms with E-state index >= 15 is 0 Å². The summed E-state index contributed by atoms with van der Waals surface area (Å²) in [6.07, 6.45) is 5.78. The van der Waals surface area contributed by atoms with Gasteiger partial charge in [0.1, 0.15) is 0 Å². The Morgan fingerprint density at radius 1 is 1.53 bits per heavy atom. The molecule has 1 N–H and O–H groups in total. The normalized spacial score (nSPS) is 29.4. The minimum Gasteiger partial charge on any atom is -0.333 e. The van der Waals surface area contributed by atoms with Gasteiger partial charge in [-0.3, -0.25) is 14.8 Å². The van der Waals surface area contributed by atoms with Gasteiger partial charge in [-0.25, -0.2) is 0 Å². The number of rotatable bonds is 1. The third-order valence-corrected chi connectivity index (χ3v) is 3.94. The van der Waals surface area contributed by atoms with Gasteiger partial charge < -0.3 is 4.90 Å². The van der Waals surface area contributed by atoms with Crippen LogP contribution in [0.25, 0.3) is 0 Å². The maximum Gasteiger partial charge on any atom is 0.257 e. The highest BCUT2D eigenvalue weighted by molar-refractivity contribution is 5.94. The van der Waals surface area contributed by atoms with E-state index in [1.54, 1.807) is 12.4 Å². The number of carbonyl (C=O) groups excluding carboxylic acids is 1. The fourth-order valence-electron chi connectivity index (χ4n) is 3.00. The Balaban J connectivity index is 1.76. The molecule has 0 saturated carbocycles. The predicted molar refractivity (Wildman–Crippen MR) is 63.7 cm³/mol. The molecule has 2 saturated heterocycles. The first-order chi connectivity index (χ1) is 8.25. The van der Waals surface area contributed by atoms with Gasteiger partial charge in [-0.2, -0.15) is 5.10 Å². The number of amides is 1. The third-order valence-electron chi connectivity index (χ3n) is 3.94. The number of nitrogens with one attached hydrogen (secondary N) is 1. The van der Waals surface area contributed by atoms with E-state index in [-0.39, 0.29) is 5.91 Å². The third kappa shape index (κ3) is 1.84. The molecule has 3 heterocycles. The molecule has 2 aliphatic heterocycles. The van der Waals surface area contributed by atoms with Gasteiger partial charge in [-0.05, 0) is 26.3 Å². The molecule has 5 nitrogen and oxygen atoms in total. The Hall–Kier alpha value is -1.36. The van der Waals surface area contributed by atoms with Crippen LogP contribution in [-0.2, 0) is 0 Å². The predicted octanol–water partition coefficient (Wildman–Crippen LogP) is 0.718. The summed E-state index contributed by atoms with van der Waals surface area (Å²) in [5, 5.41) is 6.55. The largest absolute Gasteiger partial charge is 0.333 e. The Morgan fingerprint density at radius 3 is 3.18 bits per heavy atom. The van der Waals surface area contributed by atoms with Gasteiger partial charge in [0.05, 0.1) is 11.8 Å². The number of hydrogen-bond donors (Lipinski definition) is 1. The van der Waals surface area contributed by atoms with E-state index in [4.69, 9.17) is 0 Å². The molecule has 0 radical (unpaired) electrons. The monoisotopic (exact) mass is 234 g/mol. The first-order valence-electron chi connectivity index (χ1n) is 6.29. The van der Waals surface area contributed by atoms with Crippen LogP contribution < -0.4 is 0 Å². The molecule has 0 bridgehead atoms. The highest BCUT2D eigenvalue weighted by Gasteiger charge is 2.36. The Labute approximate surface area is 101 Å². The topological polar surface area (TPSA) is 52.2 Å². The van der Waals surface area contributed by atoms with Crippen LogP contribution in [0.4, 0.5) is 0 Å². The summed E-state index contributed by atoms with van der Waals surface area (Å²) in [7, 11) is 0. The van der Waals surface area contributed by atoms with Crippen LogP contribution in [0.3, 0.4) is 0 Å². The van der Waals surface area contributed by atoms with E-state index in [0.29, 0.717) is 17.6 Å². The van der Waals surface area contributed by atoms with Crippen molar-refractivity contribution in [3.05, 3.63) is 18.0 Å². The molecule has 2 aliphatic rings. The van der Waals surface area contributed by atoms with Gasteiger partial charge in [0.2, 0.25) is 0 Å². The van der Waals surface area contributed by atoms with Crippen LogP contribution in [0.15, 0.2) is 12.4 Å². The number of fused-ring (bicyclic) bond motifs is 1. The quantitative estimate of drug-likeness (QED) is 0.779. The number of H-pyrrole nitrogens is 1. The van der Waals surface area contributed by atoms with Crippen molar-refractivity contribution in [1.29, 1.82) is 0 Å². The molecule has 0 spiro atoms. The minimum absolute atomic E-state index is 0.109. The van der Waals surface area contributed by atoms with Crippen LogP contribution in [0.1, 0.15) is 30.1 Å². The van der Waals surface area contributed by atoms with E-state index < -0.39 is 0 Å². The maximum absolute atomic E-state index is 12.3. The summed E-state index contributed by atoms with van der Waals surface area (Å²) >= 11 is 0. The molecule has 1 aromatic rings. The van der Waals surface area contributed by atoms with Crippen molar-refractivity contribution >= 4 is 5.91 Å². The van der Waals surface area contributed by atoms with E-state index in [1.165, 1.54) is 19.4 Å². The smallest absolute Gasteiger partial charge is 0.257 e. The van der Waals surface area contributed by atoms with E-state index in [1.807, 2.05) is 4.90 Å². The average molecular weight is 234 g/mol. The first kappa shape index (κ1) is 10.8. The summed E-state index contributed by atoms with van der Waals surface area (Å²) in [4.78, 5) is 16.8. The number of hydrogen-bond acceptors (Lipinski definition) is 3. The molecule has 1 aromatic heterocycles. The van der Waals surface area contributed by atoms with Crippen LogP contribution in [0.2, 0.25) is 0 Å². The van der Waals surface area contributed by atoms with Gasteiger partial charge in [-0.1, -0.05) is 0 Å². The van der Waals surface area contributed by atoms with Gasteiger partial charge in [0.25, 0.3) is 5.91 Å². The van der Waals surface area contributed by atoms with Crippen molar-refractivity contribution < 1.29 is 4.79 Å². The SMILES string of the molecule is CC1CN2CCCC2CN1C(=O)c1cn[nH]c1. The molecular weight excluding hydrogens is 216 g/mol. The summed E-state index contributed by atoms with van der Waals surface area (Å²) in [6.45, 7) is 5.20. The van der Waals surface area contributed by atoms with Gasteiger partial charge in [0.15, 0.2) is 0 Å². The van der Waals surface area contributed by atoms with E-state index in [2.05, 4.69) is 22.0 Å². The highest BCUT2D eigenvalue weighted by atomic mass is 16.2. The second-order valence-corrected chi connectivity index (χ2v) is 5.08. The Bertz CT molecular complexity index is 403.